The summed E-state index contributed by atoms with van der Waals surface area (Å²) in [5, 5.41) is 0. The molecule has 1 aliphatic heterocycles. The van der Waals surface area contributed by atoms with Crippen molar-refractivity contribution in [2.24, 2.45) is 0 Å². The quantitative estimate of drug-likeness (QED) is 0.637. The van der Waals surface area contributed by atoms with Gasteiger partial charge in [0.25, 0.3) is 0 Å². The van der Waals surface area contributed by atoms with E-state index in [1.165, 1.54) is 0 Å². The Kier molecular flexibility index (Phi) is 4.47. The maximum atomic E-state index is 12.3. The lowest BCUT2D eigenvalue weighted by atomic mass is 10.1. The van der Waals surface area contributed by atoms with Crippen LogP contribution >= 0.6 is 0 Å². The first-order valence-electron chi connectivity index (χ1n) is 8.81. The molecule has 8 nitrogen and oxygen atoms in total. The molecular formula is C18H21N5O3. The lowest BCUT2D eigenvalue weighted by Crippen LogP contribution is -2.18. The van der Waals surface area contributed by atoms with Gasteiger partial charge in [-0.2, -0.15) is 9.97 Å². The third-order valence-electron chi connectivity index (χ3n) is 4.44. The number of nitrogens with one attached hydrogen (secondary N) is 1. The van der Waals surface area contributed by atoms with Crippen LogP contribution in [0.25, 0.3) is 11.2 Å². The summed E-state index contributed by atoms with van der Waals surface area (Å²) in [6.07, 6.45) is 3.47. The molecule has 0 amide bonds. The molecule has 3 aromatic rings. The summed E-state index contributed by atoms with van der Waals surface area (Å²) >= 11 is 0. The van der Waals surface area contributed by atoms with E-state index in [-0.39, 0.29) is 17.5 Å². The molecule has 0 saturated carbocycles. The minimum Gasteiger partial charge on any atom is -0.494 e. The zero-order chi connectivity index (χ0) is 17.9. The third-order valence-corrected chi connectivity index (χ3v) is 4.44. The number of H-pyrrole nitrogens is 1. The second kappa shape index (κ2) is 7.07. The van der Waals surface area contributed by atoms with Crippen LogP contribution in [-0.4, -0.2) is 32.7 Å². The predicted molar refractivity (Wildman–Crippen MR) is 97.5 cm³/mol. The van der Waals surface area contributed by atoms with Gasteiger partial charge in [-0.05, 0) is 43.4 Å². The Morgan fingerprint density at radius 3 is 2.85 bits per heavy atom. The smallest absolute Gasteiger partial charge is 0.327 e. The molecule has 0 spiro atoms. The van der Waals surface area contributed by atoms with E-state index < -0.39 is 0 Å². The van der Waals surface area contributed by atoms with E-state index >= 15 is 0 Å². The number of anilines is 1. The number of aryl methyl sites for hydroxylation is 2. The number of hydrogen-bond acceptors (Lipinski definition) is 6. The van der Waals surface area contributed by atoms with Gasteiger partial charge in [0.2, 0.25) is 0 Å². The van der Waals surface area contributed by atoms with Crippen LogP contribution in [0.3, 0.4) is 0 Å². The fourth-order valence-corrected chi connectivity index (χ4v) is 3.07. The molecule has 26 heavy (non-hydrogen) atoms. The Labute approximate surface area is 150 Å². The van der Waals surface area contributed by atoms with Crippen LogP contribution in [0.4, 0.5) is 5.82 Å². The van der Waals surface area contributed by atoms with Crippen LogP contribution in [0, 0.1) is 0 Å². The maximum Gasteiger partial charge on any atom is 0.327 e. The van der Waals surface area contributed by atoms with Crippen molar-refractivity contribution in [2.45, 2.75) is 32.2 Å². The molecule has 1 aliphatic rings. The second-order valence-corrected chi connectivity index (χ2v) is 6.33. The summed E-state index contributed by atoms with van der Waals surface area (Å²) in [5.74, 6) is 1.07. The fourth-order valence-electron chi connectivity index (χ4n) is 3.07. The summed E-state index contributed by atoms with van der Waals surface area (Å²) in [5.41, 5.74) is 7.72. The minimum atomic E-state index is -0.258. The molecule has 3 heterocycles. The first-order valence-corrected chi connectivity index (χ1v) is 8.81. The Morgan fingerprint density at radius 2 is 1.96 bits per heavy atom. The number of aromatic nitrogens is 4. The molecule has 0 atom stereocenters. The highest BCUT2D eigenvalue weighted by atomic mass is 16.5. The van der Waals surface area contributed by atoms with Crippen molar-refractivity contribution in [3.63, 3.8) is 0 Å². The Bertz CT molecular complexity index is 979. The molecule has 0 radical (unpaired) electrons. The van der Waals surface area contributed by atoms with Gasteiger partial charge in [0.1, 0.15) is 11.3 Å². The number of ether oxygens (including phenoxy) is 2. The van der Waals surface area contributed by atoms with E-state index in [0.717, 1.165) is 30.6 Å². The number of aromatic amines is 1. The SMILES string of the molecule is Nc1nc2nc3c1[nH]c(=O)n3CCc1cccc(c1)OCCCCCO2. The van der Waals surface area contributed by atoms with Gasteiger partial charge >= 0.3 is 11.7 Å². The molecule has 4 bridgehead atoms. The first kappa shape index (κ1) is 16.4. The molecule has 4 rings (SSSR count). The maximum absolute atomic E-state index is 12.3. The van der Waals surface area contributed by atoms with Crippen LogP contribution in [0.15, 0.2) is 29.1 Å². The van der Waals surface area contributed by atoms with Gasteiger partial charge in [0.15, 0.2) is 11.5 Å². The third kappa shape index (κ3) is 3.35. The van der Waals surface area contributed by atoms with Crippen molar-refractivity contribution < 1.29 is 9.47 Å². The Balaban J connectivity index is 1.72. The monoisotopic (exact) mass is 355 g/mol. The summed E-state index contributed by atoms with van der Waals surface area (Å²) in [6.45, 7) is 1.63. The zero-order valence-electron chi connectivity index (χ0n) is 14.4. The van der Waals surface area contributed by atoms with Crippen LogP contribution < -0.4 is 20.9 Å². The topological polar surface area (TPSA) is 108 Å². The number of fused-ring (bicyclic) bond motifs is 3. The summed E-state index contributed by atoms with van der Waals surface area (Å²) < 4.78 is 13.0. The number of nitrogens with two attached hydrogens (primary N) is 1. The summed E-state index contributed by atoms with van der Waals surface area (Å²) in [7, 11) is 0. The van der Waals surface area contributed by atoms with Gasteiger partial charge in [-0.1, -0.05) is 12.1 Å². The molecule has 136 valence electrons. The average Bonchev–Trinajstić information content (AvgIpc) is 2.95. The summed E-state index contributed by atoms with van der Waals surface area (Å²) in [6, 6.07) is 8.16. The molecule has 0 unspecified atom stereocenters. The van der Waals surface area contributed by atoms with Crippen LogP contribution in [0.2, 0.25) is 0 Å². The second-order valence-electron chi connectivity index (χ2n) is 6.33. The van der Waals surface area contributed by atoms with E-state index in [2.05, 4.69) is 15.0 Å². The van der Waals surface area contributed by atoms with Crippen molar-refractivity contribution in [2.75, 3.05) is 18.9 Å². The fraction of sp³-hybridized carbons (Fsp3) is 0.389. The van der Waals surface area contributed by atoms with Gasteiger partial charge in [0, 0.05) is 6.54 Å². The first-order chi connectivity index (χ1) is 12.7. The van der Waals surface area contributed by atoms with E-state index in [4.69, 9.17) is 15.2 Å². The van der Waals surface area contributed by atoms with Gasteiger partial charge in [-0.15, -0.1) is 0 Å². The molecule has 3 N–H and O–H groups in total. The number of nitrogen functional groups attached to an aromatic ring is 1. The van der Waals surface area contributed by atoms with Crippen LogP contribution in [0.5, 0.6) is 11.8 Å². The molecule has 0 fully saturated rings. The number of nitrogens with zero attached hydrogens (tertiary/aromatic N) is 3. The lowest BCUT2D eigenvalue weighted by molar-refractivity contribution is 0.267. The van der Waals surface area contributed by atoms with Gasteiger partial charge in [0.05, 0.1) is 13.2 Å². The standard InChI is InChI=1S/C18H21N5O3/c19-15-14-16-22-17(21-15)26-10-3-1-2-9-25-13-6-4-5-12(11-13)7-8-23(16)18(24)20-14/h4-6,11H,1-3,7-10H2,(H,20,24)(H2,19,21,22). The van der Waals surface area contributed by atoms with Crippen molar-refractivity contribution in [3.05, 3.63) is 40.3 Å². The van der Waals surface area contributed by atoms with E-state index in [9.17, 15) is 4.79 Å². The van der Waals surface area contributed by atoms with Crippen molar-refractivity contribution >= 4 is 17.0 Å². The molecule has 0 aliphatic carbocycles. The largest absolute Gasteiger partial charge is 0.494 e. The zero-order valence-corrected chi connectivity index (χ0v) is 14.4. The summed E-state index contributed by atoms with van der Waals surface area (Å²) in [4.78, 5) is 23.6. The van der Waals surface area contributed by atoms with E-state index in [1.807, 2.05) is 24.3 Å². The molecule has 2 aromatic heterocycles. The highest BCUT2D eigenvalue weighted by Gasteiger charge is 2.15. The molecule has 8 heteroatoms. The van der Waals surface area contributed by atoms with Gasteiger partial charge in [-0.3, -0.25) is 4.57 Å². The molecule has 0 saturated heterocycles. The van der Waals surface area contributed by atoms with E-state index in [1.54, 1.807) is 4.57 Å². The van der Waals surface area contributed by atoms with Gasteiger partial charge in [-0.25, -0.2) is 4.79 Å². The molecule has 1 aromatic carbocycles. The number of benzene rings is 1. The number of imidazole rings is 1. The highest BCUT2D eigenvalue weighted by molar-refractivity contribution is 5.81. The molecular weight excluding hydrogens is 334 g/mol. The van der Waals surface area contributed by atoms with Crippen molar-refractivity contribution in [3.8, 4) is 11.8 Å². The number of hydrogen-bond donors (Lipinski definition) is 2. The highest BCUT2D eigenvalue weighted by Crippen LogP contribution is 2.19. The predicted octanol–water partition coefficient (Wildman–Crippen LogP) is 1.89. The van der Waals surface area contributed by atoms with Crippen molar-refractivity contribution in [1.29, 1.82) is 0 Å². The Morgan fingerprint density at radius 1 is 1.12 bits per heavy atom. The van der Waals surface area contributed by atoms with Gasteiger partial charge < -0.3 is 20.2 Å². The number of rotatable bonds is 0. The van der Waals surface area contributed by atoms with E-state index in [0.29, 0.717) is 37.3 Å². The average molecular weight is 355 g/mol. The minimum absolute atomic E-state index is 0.202. The van der Waals surface area contributed by atoms with Crippen LogP contribution in [-0.2, 0) is 13.0 Å². The van der Waals surface area contributed by atoms with Crippen LogP contribution in [0.1, 0.15) is 24.8 Å². The Hall–Kier alpha value is -3.03. The normalized spacial score (nSPS) is 15.5. The van der Waals surface area contributed by atoms with Crippen molar-refractivity contribution in [1.82, 2.24) is 19.5 Å². The lowest BCUT2D eigenvalue weighted by Gasteiger charge is -2.10.